The van der Waals surface area contributed by atoms with Crippen LogP contribution >= 0.6 is 0 Å². The van der Waals surface area contributed by atoms with Crippen molar-refractivity contribution in [2.24, 2.45) is 5.92 Å². The minimum atomic E-state index is -0.360. The Morgan fingerprint density at radius 1 is 0.939 bits per heavy atom. The Kier molecular flexibility index (Phi) is 6.40. The van der Waals surface area contributed by atoms with Gasteiger partial charge in [0.2, 0.25) is 0 Å². The van der Waals surface area contributed by atoms with Crippen molar-refractivity contribution in [1.82, 2.24) is 5.32 Å². The van der Waals surface area contributed by atoms with Crippen LogP contribution < -0.4 is 5.32 Å². The topological polar surface area (TPSA) is 59.3 Å². The van der Waals surface area contributed by atoms with Crippen molar-refractivity contribution in [2.45, 2.75) is 26.7 Å². The maximum Gasteiger partial charge on any atom is 0.255 e. The van der Waals surface area contributed by atoms with Gasteiger partial charge in [-0.05, 0) is 65.9 Å². The number of halogens is 1. The van der Waals surface area contributed by atoms with E-state index in [1.54, 1.807) is 19.2 Å². The molecule has 0 unspecified atom stereocenters. The first kappa shape index (κ1) is 22.5. The van der Waals surface area contributed by atoms with Gasteiger partial charge in [0, 0.05) is 30.0 Å². The van der Waals surface area contributed by atoms with E-state index in [0.717, 1.165) is 17.5 Å². The fraction of sp³-hybridized carbons (Fsp3) is 0.214. The van der Waals surface area contributed by atoms with Crippen molar-refractivity contribution in [2.75, 3.05) is 7.05 Å². The highest BCUT2D eigenvalue weighted by atomic mass is 19.1. The molecule has 0 saturated heterocycles. The van der Waals surface area contributed by atoms with Crippen LogP contribution in [0.3, 0.4) is 0 Å². The van der Waals surface area contributed by atoms with E-state index < -0.39 is 0 Å². The van der Waals surface area contributed by atoms with Gasteiger partial charge in [-0.1, -0.05) is 38.1 Å². The summed E-state index contributed by atoms with van der Waals surface area (Å²) >= 11 is 0. The molecule has 4 nitrogen and oxygen atoms in total. The maximum atomic E-state index is 13.4. The van der Waals surface area contributed by atoms with Crippen LogP contribution in [0, 0.1) is 11.7 Å². The van der Waals surface area contributed by atoms with E-state index in [1.165, 1.54) is 12.1 Å². The monoisotopic (exact) mass is 443 g/mol. The molecule has 4 rings (SSSR count). The number of hydrogen-bond acceptors (Lipinski definition) is 3. The number of hydrogen-bond donors (Lipinski definition) is 1. The SMILES string of the molecule is CNC(=O)c1c(-c2ccc(F)cc2)oc2ccc(-c3cccc(C(=O)CCC(C)C)c3)cc12. The number of rotatable bonds is 7. The van der Waals surface area contributed by atoms with Crippen LogP contribution in [0.5, 0.6) is 0 Å². The summed E-state index contributed by atoms with van der Waals surface area (Å²) in [5, 5.41) is 3.33. The third-order valence-corrected chi connectivity index (χ3v) is 5.72. The molecule has 0 bridgehead atoms. The van der Waals surface area contributed by atoms with E-state index in [1.807, 2.05) is 42.5 Å². The summed E-state index contributed by atoms with van der Waals surface area (Å²) in [5.41, 5.74) is 4.01. The van der Waals surface area contributed by atoms with Gasteiger partial charge in [0.15, 0.2) is 5.78 Å². The molecule has 0 aliphatic heterocycles. The van der Waals surface area contributed by atoms with Crippen LogP contribution in [0.2, 0.25) is 0 Å². The first-order valence-electron chi connectivity index (χ1n) is 11.1. The number of carbonyl (C=O) groups is 2. The lowest BCUT2D eigenvalue weighted by Gasteiger charge is -2.07. The first-order chi connectivity index (χ1) is 15.9. The van der Waals surface area contributed by atoms with E-state index in [0.29, 0.717) is 45.8 Å². The molecule has 1 amide bonds. The number of nitrogens with one attached hydrogen (secondary N) is 1. The van der Waals surface area contributed by atoms with Crippen LogP contribution in [0.25, 0.3) is 33.4 Å². The molecule has 0 spiro atoms. The minimum Gasteiger partial charge on any atom is -0.455 e. The van der Waals surface area contributed by atoms with E-state index >= 15 is 0 Å². The second kappa shape index (κ2) is 9.41. The Morgan fingerprint density at radius 3 is 2.33 bits per heavy atom. The zero-order valence-corrected chi connectivity index (χ0v) is 18.9. The van der Waals surface area contributed by atoms with Crippen molar-refractivity contribution in [1.29, 1.82) is 0 Å². The maximum absolute atomic E-state index is 13.4. The van der Waals surface area contributed by atoms with E-state index in [9.17, 15) is 14.0 Å². The van der Waals surface area contributed by atoms with Crippen LogP contribution in [0.15, 0.2) is 71.1 Å². The molecule has 1 heterocycles. The third kappa shape index (κ3) is 4.72. The minimum absolute atomic E-state index is 0.125. The van der Waals surface area contributed by atoms with Gasteiger partial charge < -0.3 is 9.73 Å². The van der Waals surface area contributed by atoms with E-state index in [4.69, 9.17) is 4.42 Å². The van der Waals surface area contributed by atoms with Crippen molar-refractivity contribution in [3.05, 3.63) is 83.7 Å². The number of furan rings is 1. The molecule has 1 aromatic heterocycles. The Hall–Kier alpha value is -3.73. The Balaban J connectivity index is 1.78. The average molecular weight is 444 g/mol. The highest BCUT2D eigenvalue weighted by Gasteiger charge is 2.22. The second-order valence-corrected chi connectivity index (χ2v) is 8.54. The summed E-state index contributed by atoms with van der Waals surface area (Å²) in [7, 11) is 1.56. The van der Waals surface area contributed by atoms with Crippen LogP contribution in [0.4, 0.5) is 4.39 Å². The lowest BCUT2D eigenvalue weighted by Crippen LogP contribution is -2.18. The van der Waals surface area contributed by atoms with Crippen molar-refractivity contribution in [3.8, 4) is 22.5 Å². The van der Waals surface area contributed by atoms with Gasteiger partial charge in [-0.3, -0.25) is 9.59 Å². The molecule has 0 saturated carbocycles. The molecule has 168 valence electrons. The van der Waals surface area contributed by atoms with Crippen molar-refractivity contribution >= 4 is 22.7 Å². The van der Waals surface area contributed by atoms with Crippen LogP contribution in [-0.2, 0) is 0 Å². The van der Waals surface area contributed by atoms with Gasteiger partial charge in [-0.2, -0.15) is 0 Å². The molecular weight excluding hydrogens is 417 g/mol. The molecule has 1 N–H and O–H groups in total. The Morgan fingerprint density at radius 2 is 1.64 bits per heavy atom. The number of Topliss-reactive ketones (excluding diaryl/α,β-unsaturated/α-hetero) is 1. The summed E-state index contributed by atoms with van der Waals surface area (Å²) < 4.78 is 19.4. The summed E-state index contributed by atoms with van der Waals surface area (Å²) in [6, 6.07) is 19.0. The summed E-state index contributed by atoms with van der Waals surface area (Å²) in [4.78, 5) is 25.4. The third-order valence-electron chi connectivity index (χ3n) is 5.72. The summed E-state index contributed by atoms with van der Waals surface area (Å²) in [6.07, 6.45) is 1.37. The van der Waals surface area contributed by atoms with Gasteiger partial charge in [-0.25, -0.2) is 4.39 Å². The van der Waals surface area contributed by atoms with Gasteiger partial charge in [0.05, 0.1) is 5.56 Å². The van der Waals surface area contributed by atoms with Crippen molar-refractivity contribution in [3.63, 3.8) is 0 Å². The normalized spacial score (nSPS) is 11.2. The number of carbonyl (C=O) groups excluding carboxylic acids is 2. The number of fused-ring (bicyclic) bond motifs is 1. The average Bonchev–Trinajstić information content (AvgIpc) is 3.21. The fourth-order valence-electron chi connectivity index (χ4n) is 3.87. The standard InChI is InChI=1S/C28H26FNO3/c1-17(2)7-13-24(31)21-6-4-5-19(15-21)20-10-14-25-23(16-20)26(28(32)30-3)27(33-25)18-8-11-22(29)12-9-18/h4-6,8-12,14-17H,7,13H2,1-3H3,(H,30,32). The van der Waals surface area contributed by atoms with Gasteiger partial charge in [0.25, 0.3) is 5.91 Å². The molecule has 0 atom stereocenters. The highest BCUT2D eigenvalue weighted by Crippen LogP contribution is 2.36. The number of benzene rings is 3. The quantitative estimate of drug-likeness (QED) is 0.317. The first-order valence-corrected chi connectivity index (χ1v) is 11.1. The predicted octanol–water partition coefficient (Wildman–Crippen LogP) is 6.88. The summed E-state index contributed by atoms with van der Waals surface area (Å²) in [5.74, 6) is 0.335. The van der Waals surface area contributed by atoms with Crippen molar-refractivity contribution < 1.29 is 18.4 Å². The summed E-state index contributed by atoms with van der Waals surface area (Å²) in [6.45, 7) is 4.21. The molecule has 0 radical (unpaired) electrons. The second-order valence-electron chi connectivity index (χ2n) is 8.54. The van der Waals surface area contributed by atoms with E-state index in [-0.39, 0.29) is 17.5 Å². The van der Waals surface area contributed by atoms with E-state index in [2.05, 4.69) is 19.2 Å². The predicted molar refractivity (Wildman–Crippen MR) is 129 cm³/mol. The molecule has 0 aliphatic rings. The molecule has 4 aromatic rings. The Bertz CT molecular complexity index is 1320. The lowest BCUT2D eigenvalue weighted by atomic mass is 9.96. The molecule has 3 aromatic carbocycles. The van der Waals surface area contributed by atoms with Crippen LogP contribution in [-0.4, -0.2) is 18.7 Å². The van der Waals surface area contributed by atoms with Gasteiger partial charge in [0.1, 0.15) is 17.2 Å². The zero-order valence-electron chi connectivity index (χ0n) is 18.9. The molecule has 33 heavy (non-hydrogen) atoms. The fourth-order valence-corrected chi connectivity index (χ4v) is 3.87. The zero-order chi connectivity index (χ0) is 23.5. The lowest BCUT2D eigenvalue weighted by molar-refractivity contribution is 0.0960. The smallest absolute Gasteiger partial charge is 0.255 e. The number of amides is 1. The highest BCUT2D eigenvalue weighted by molar-refractivity contribution is 6.11. The number of ketones is 1. The molecule has 0 fully saturated rings. The van der Waals surface area contributed by atoms with Gasteiger partial charge >= 0.3 is 0 Å². The molecular formula is C28H26FNO3. The largest absolute Gasteiger partial charge is 0.455 e. The molecule has 5 heteroatoms. The molecule has 0 aliphatic carbocycles. The van der Waals surface area contributed by atoms with Gasteiger partial charge in [-0.15, -0.1) is 0 Å². The Labute approximate surface area is 192 Å². The van der Waals surface area contributed by atoms with Crippen LogP contribution in [0.1, 0.15) is 47.4 Å².